The number of nitrogens with zero attached hydrogens (tertiary/aromatic N) is 1. The van der Waals surface area contributed by atoms with Crippen molar-refractivity contribution in [3.8, 4) is 0 Å². The van der Waals surface area contributed by atoms with Crippen molar-refractivity contribution in [2.24, 2.45) is 11.7 Å². The van der Waals surface area contributed by atoms with E-state index in [1.54, 1.807) is 25.3 Å². The van der Waals surface area contributed by atoms with E-state index in [0.717, 1.165) is 31.2 Å². The summed E-state index contributed by atoms with van der Waals surface area (Å²) in [7, 11) is 0. The van der Waals surface area contributed by atoms with Gasteiger partial charge in [-0.15, -0.1) is 0 Å². The number of carbonyl (C=O) groups is 2. The number of nitrogens with one attached hydrogen (secondary N) is 2. The van der Waals surface area contributed by atoms with Crippen LogP contribution in [-0.4, -0.2) is 22.5 Å². The van der Waals surface area contributed by atoms with Crippen LogP contribution < -0.4 is 22.1 Å². The van der Waals surface area contributed by atoms with Crippen molar-refractivity contribution in [2.45, 2.75) is 51.1 Å². The summed E-state index contributed by atoms with van der Waals surface area (Å²) < 4.78 is 0. The van der Waals surface area contributed by atoms with Gasteiger partial charge in [-0.1, -0.05) is 25.3 Å². The fourth-order valence-corrected chi connectivity index (χ4v) is 3.05. The van der Waals surface area contributed by atoms with Crippen LogP contribution in [-0.2, 0) is 11.3 Å². The van der Waals surface area contributed by atoms with Crippen LogP contribution in [0.1, 0.15) is 44.6 Å². The third kappa shape index (κ3) is 4.34. The Morgan fingerprint density at radius 3 is 2.57 bits per heavy atom. The summed E-state index contributed by atoms with van der Waals surface area (Å²) in [5.74, 6) is 0.0168. The van der Waals surface area contributed by atoms with Gasteiger partial charge in [0.15, 0.2) is 0 Å². The molecule has 0 saturated heterocycles. The van der Waals surface area contributed by atoms with Crippen molar-refractivity contribution in [3.05, 3.63) is 23.9 Å². The molecule has 3 amide bonds. The van der Waals surface area contributed by atoms with Gasteiger partial charge < -0.3 is 22.1 Å². The second kappa shape index (κ2) is 7.30. The summed E-state index contributed by atoms with van der Waals surface area (Å²) >= 11 is 0. The largest absolute Gasteiger partial charge is 0.384 e. The van der Waals surface area contributed by atoms with Gasteiger partial charge in [0.05, 0.1) is 0 Å². The molecular formula is C16H25N5O2. The van der Waals surface area contributed by atoms with Gasteiger partial charge in [-0.25, -0.2) is 9.78 Å². The zero-order valence-corrected chi connectivity index (χ0v) is 13.5. The molecule has 1 aliphatic carbocycles. The van der Waals surface area contributed by atoms with Crippen LogP contribution in [0.4, 0.5) is 10.6 Å². The molecule has 1 atom stereocenters. The number of hydrogen-bond donors (Lipinski definition) is 4. The lowest BCUT2D eigenvalue weighted by Crippen LogP contribution is -2.62. The number of rotatable bonds is 5. The fraction of sp³-hybridized carbons (Fsp3) is 0.562. The Labute approximate surface area is 136 Å². The van der Waals surface area contributed by atoms with Crippen molar-refractivity contribution in [2.75, 3.05) is 5.73 Å². The number of anilines is 1. The van der Waals surface area contributed by atoms with E-state index >= 15 is 0 Å². The third-order valence-corrected chi connectivity index (χ3v) is 4.61. The van der Waals surface area contributed by atoms with Crippen LogP contribution in [0.15, 0.2) is 18.3 Å². The van der Waals surface area contributed by atoms with E-state index < -0.39 is 17.5 Å². The zero-order chi connectivity index (χ0) is 16.9. The monoisotopic (exact) mass is 319 g/mol. The van der Waals surface area contributed by atoms with E-state index in [4.69, 9.17) is 11.5 Å². The molecule has 7 heteroatoms. The molecule has 0 spiro atoms. The quantitative estimate of drug-likeness (QED) is 0.653. The number of nitrogens with two attached hydrogens (primary N) is 2. The van der Waals surface area contributed by atoms with Crippen LogP contribution in [0.25, 0.3) is 0 Å². The summed E-state index contributed by atoms with van der Waals surface area (Å²) in [6.07, 6.45) is 6.71. The molecule has 23 heavy (non-hydrogen) atoms. The predicted octanol–water partition coefficient (Wildman–Crippen LogP) is 1.29. The Hall–Kier alpha value is -2.31. The van der Waals surface area contributed by atoms with Crippen LogP contribution in [0.2, 0.25) is 0 Å². The molecule has 1 fully saturated rings. The number of nitrogen functional groups attached to an aromatic ring is 1. The first-order valence-electron chi connectivity index (χ1n) is 7.98. The highest BCUT2D eigenvalue weighted by Gasteiger charge is 2.41. The van der Waals surface area contributed by atoms with Gasteiger partial charge in [-0.2, -0.15) is 0 Å². The molecule has 1 aliphatic rings. The minimum Gasteiger partial charge on any atom is -0.384 e. The highest BCUT2D eigenvalue weighted by molar-refractivity contribution is 5.89. The lowest BCUT2D eigenvalue weighted by atomic mass is 9.75. The van der Waals surface area contributed by atoms with Gasteiger partial charge in [0.25, 0.3) is 0 Å². The topological polar surface area (TPSA) is 123 Å². The molecule has 0 aromatic carbocycles. The second-order valence-corrected chi connectivity index (χ2v) is 6.30. The van der Waals surface area contributed by atoms with Crippen molar-refractivity contribution in [1.82, 2.24) is 15.6 Å². The van der Waals surface area contributed by atoms with Crippen molar-refractivity contribution < 1.29 is 9.59 Å². The molecule has 1 aromatic rings. The molecule has 2 rings (SSSR count). The lowest BCUT2D eigenvalue weighted by Gasteiger charge is -2.37. The van der Waals surface area contributed by atoms with E-state index in [-0.39, 0.29) is 5.92 Å². The average molecular weight is 319 g/mol. The zero-order valence-electron chi connectivity index (χ0n) is 13.5. The van der Waals surface area contributed by atoms with Gasteiger partial charge in [0.1, 0.15) is 11.4 Å². The Kier molecular flexibility index (Phi) is 5.41. The first-order chi connectivity index (χ1) is 10.9. The molecule has 0 aliphatic heterocycles. The van der Waals surface area contributed by atoms with E-state index in [0.29, 0.717) is 12.4 Å². The molecule has 126 valence electrons. The van der Waals surface area contributed by atoms with E-state index in [1.807, 2.05) is 0 Å². The van der Waals surface area contributed by atoms with Crippen molar-refractivity contribution in [1.29, 1.82) is 0 Å². The number of amides is 3. The summed E-state index contributed by atoms with van der Waals surface area (Å²) in [6.45, 7) is 2.02. The Morgan fingerprint density at radius 2 is 2.00 bits per heavy atom. The Morgan fingerprint density at radius 1 is 1.30 bits per heavy atom. The van der Waals surface area contributed by atoms with E-state index in [9.17, 15) is 9.59 Å². The van der Waals surface area contributed by atoms with E-state index in [1.165, 1.54) is 6.42 Å². The number of aromatic nitrogens is 1. The van der Waals surface area contributed by atoms with Gasteiger partial charge >= 0.3 is 6.03 Å². The molecule has 0 bridgehead atoms. The molecule has 6 N–H and O–H groups in total. The normalized spacial score (nSPS) is 18.0. The summed E-state index contributed by atoms with van der Waals surface area (Å²) in [5, 5.41) is 5.50. The number of urea groups is 1. The van der Waals surface area contributed by atoms with Gasteiger partial charge in [-0.05, 0) is 37.3 Å². The van der Waals surface area contributed by atoms with Crippen LogP contribution in [0.3, 0.4) is 0 Å². The first-order valence-corrected chi connectivity index (χ1v) is 7.98. The summed E-state index contributed by atoms with van der Waals surface area (Å²) in [5.41, 5.74) is 10.9. The summed E-state index contributed by atoms with van der Waals surface area (Å²) in [4.78, 5) is 28.1. The second-order valence-electron chi connectivity index (χ2n) is 6.30. The van der Waals surface area contributed by atoms with Crippen LogP contribution in [0, 0.1) is 5.92 Å². The maximum atomic E-state index is 12.2. The smallest absolute Gasteiger partial charge is 0.315 e. The van der Waals surface area contributed by atoms with Crippen LogP contribution >= 0.6 is 0 Å². The minimum absolute atomic E-state index is 0.0812. The van der Waals surface area contributed by atoms with Gasteiger partial charge in [0.2, 0.25) is 5.91 Å². The van der Waals surface area contributed by atoms with Gasteiger partial charge in [-0.3, -0.25) is 4.79 Å². The van der Waals surface area contributed by atoms with Crippen molar-refractivity contribution >= 4 is 17.8 Å². The number of carbonyl (C=O) groups excluding carboxylic acids is 2. The van der Waals surface area contributed by atoms with E-state index in [2.05, 4.69) is 15.6 Å². The predicted molar refractivity (Wildman–Crippen MR) is 88.2 cm³/mol. The average Bonchev–Trinajstić information content (AvgIpc) is 2.55. The first kappa shape index (κ1) is 17.1. The minimum atomic E-state index is -1.02. The maximum Gasteiger partial charge on any atom is 0.315 e. The molecular weight excluding hydrogens is 294 g/mol. The van der Waals surface area contributed by atoms with Crippen molar-refractivity contribution in [3.63, 3.8) is 0 Å². The number of hydrogen-bond acceptors (Lipinski definition) is 4. The molecule has 1 heterocycles. The van der Waals surface area contributed by atoms with Crippen LogP contribution in [0.5, 0.6) is 0 Å². The molecule has 1 aromatic heterocycles. The maximum absolute atomic E-state index is 12.2. The molecule has 7 nitrogen and oxygen atoms in total. The highest BCUT2D eigenvalue weighted by Crippen LogP contribution is 2.32. The Balaban J connectivity index is 1.94. The lowest BCUT2D eigenvalue weighted by molar-refractivity contribution is -0.126. The van der Waals surface area contributed by atoms with Gasteiger partial charge in [0, 0.05) is 12.7 Å². The number of pyridine rings is 1. The molecule has 1 saturated carbocycles. The Bertz CT molecular complexity index is 554. The number of primary amides is 1. The highest BCUT2D eigenvalue weighted by atomic mass is 16.2. The summed E-state index contributed by atoms with van der Waals surface area (Å²) in [6, 6.07) is 3.05. The molecule has 1 unspecified atom stereocenters. The molecule has 0 radical (unpaired) electrons. The standard InChI is InChI=1S/C16H25N5O2/c1-16(14(18)22,12-5-3-2-4-6-12)21-15(23)20-10-11-7-8-13(17)19-9-11/h7-9,12H,2-6,10H2,1H3,(H2,17,19)(H2,18,22)(H2,20,21,23). The third-order valence-electron chi connectivity index (χ3n) is 4.61. The SMILES string of the molecule is CC(NC(=O)NCc1ccc(N)nc1)(C(N)=O)C1CCCCC1. The fourth-order valence-electron chi connectivity index (χ4n) is 3.05.